The third kappa shape index (κ3) is 1.04. The second kappa shape index (κ2) is 2.83. The van der Waals surface area contributed by atoms with Crippen LogP contribution in [0.15, 0.2) is 22.7 Å². The fourth-order valence-corrected chi connectivity index (χ4v) is 3.48. The summed E-state index contributed by atoms with van der Waals surface area (Å²) >= 11 is 3.53. The summed E-state index contributed by atoms with van der Waals surface area (Å²) in [5, 5.41) is 0. The van der Waals surface area contributed by atoms with E-state index in [9.17, 15) is 0 Å². The van der Waals surface area contributed by atoms with Crippen LogP contribution in [0.4, 0.5) is 0 Å². The topological polar surface area (TPSA) is 26.0 Å². The van der Waals surface area contributed by atoms with Crippen molar-refractivity contribution < 1.29 is 0 Å². The summed E-state index contributed by atoms with van der Waals surface area (Å²) in [6.45, 7) is 0.857. The quantitative estimate of drug-likeness (QED) is 0.816. The van der Waals surface area contributed by atoms with Gasteiger partial charge in [0.15, 0.2) is 0 Å². The lowest BCUT2D eigenvalue weighted by Gasteiger charge is -2.10. The fourth-order valence-electron chi connectivity index (χ4n) is 3.07. The Balaban J connectivity index is 2.04. The van der Waals surface area contributed by atoms with Crippen LogP contribution < -0.4 is 5.73 Å². The second-order valence-electron chi connectivity index (χ2n) is 4.59. The summed E-state index contributed by atoms with van der Waals surface area (Å²) in [7, 11) is 0. The van der Waals surface area contributed by atoms with Crippen LogP contribution in [0.3, 0.4) is 0 Å². The van der Waals surface area contributed by atoms with E-state index in [4.69, 9.17) is 5.73 Å². The zero-order valence-electron chi connectivity index (χ0n) is 8.09. The minimum atomic E-state index is 0.491. The summed E-state index contributed by atoms with van der Waals surface area (Å²) in [6.07, 6.45) is 3.88. The summed E-state index contributed by atoms with van der Waals surface area (Å²) in [5.41, 5.74) is 9.37. The van der Waals surface area contributed by atoms with Gasteiger partial charge in [-0.05, 0) is 55.0 Å². The predicted octanol–water partition coefficient (Wildman–Crippen LogP) is 2.61. The second-order valence-corrected chi connectivity index (χ2v) is 5.51. The molecule has 1 aromatic rings. The first-order valence-electron chi connectivity index (χ1n) is 5.25. The van der Waals surface area contributed by atoms with Crippen LogP contribution >= 0.6 is 15.9 Å². The zero-order chi connectivity index (χ0) is 9.76. The van der Waals surface area contributed by atoms with E-state index < -0.39 is 0 Å². The van der Waals surface area contributed by atoms with Gasteiger partial charge < -0.3 is 5.73 Å². The fraction of sp³-hybridized carbons (Fsp3) is 0.500. The van der Waals surface area contributed by atoms with Crippen molar-refractivity contribution in [3.05, 3.63) is 33.8 Å². The summed E-state index contributed by atoms with van der Waals surface area (Å²) in [4.78, 5) is 0. The Morgan fingerprint density at radius 3 is 3.07 bits per heavy atom. The van der Waals surface area contributed by atoms with E-state index in [-0.39, 0.29) is 0 Å². The standard InChI is InChI=1S/C12H14BrN/c13-10-1-2-11-8(5-10)3-4-12(11)6-9(12)7-14/h1-2,5,9H,3-4,6-7,14H2/t9-,12-/m0/s1. The first kappa shape index (κ1) is 8.93. The molecule has 0 aromatic heterocycles. The molecule has 14 heavy (non-hydrogen) atoms. The third-order valence-corrected chi connectivity index (χ3v) is 4.45. The smallest absolute Gasteiger partial charge is 0.0178 e. The maximum Gasteiger partial charge on any atom is 0.0178 e. The Labute approximate surface area is 92.8 Å². The molecule has 3 rings (SSSR count). The molecule has 1 saturated carbocycles. The number of fused-ring (bicyclic) bond motifs is 2. The number of hydrogen-bond acceptors (Lipinski definition) is 1. The minimum absolute atomic E-state index is 0.491. The lowest BCUT2D eigenvalue weighted by Crippen LogP contribution is -2.12. The summed E-state index contributed by atoms with van der Waals surface area (Å²) in [6, 6.07) is 6.73. The van der Waals surface area contributed by atoms with Gasteiger partial charge in [0, 0.05) is 9.89 Å². The Morgan fingerprint density at radius 2 is 2.36 bits per heavy atom. The van der Waals surface area contributed by atoms with E-state index in [2.05, 4.69) is 34.1 Å². The molecule has 0 heterocycles. The third-order valence-electron chi connectivity index (χ3n) is 3.96. The molecule has 0 saturated heterocycles. The molecule has 2 atom stereocenters. The minimum Gasteiger partial charge on any atom is -0.330 e. The lowest BCUT2D eigenvalue weighted by atomic mass is 9.95. The Bertz CT molecular complexity index is 388. The number of nitrogens with two attached hydrogens (primary N) is 1. The molecule has 0 unspecified atom stereocenters. The maximum atomic E-state index is 5.77. The van der Waals surface area contributed by atoms with E-state index in [1.807, 2.05) is 0 Å². The lowest BCUT2D eigenvalue weighted by molar-refractivity contribution is 0.601. The largest absolute Gasteiger partial charge is 0.330 e. The predicted molar refractivity (Wildman–Crippen MR) is 61.3 cm³/mol. The van der Waals surface area contributed by atoms with Gasteiger partial charge in [-0.25, -0.2) is 0 Å². The zero-order valence-corrected chi connectivity index (χ0v) is 9.68. The van der Waals surface area contributed by atoms with Crippen molar-refractivity contribution in [3.63, 3.8) is 0 Å². The van der Waals surface area contributed by atoms with E-state index in [0.717, 1.165) is 12.5 Å². The molecule has 2 aliphatic carbocycles. The van der Waals surface area contributed by atoms with Crippen LogP contribution in [0.25, 0.3) is 0 Å². The van der Waals surface area contributed by atoms with E-state index >= 15 is 0 Å². The van der Waals surface area contributed by atoms with Gasteiger partial charge in [-0.3, -0.25) is 0 Å². The Kier molecular flexibility index (Phi) is 1.80. The molecule has 1 fully saturated rings. The van der Waals surface area contributed by atoms with Gasteiger partial charge in [-0.2, -0.15) is 0 Å². The molecule has 0 radical (unpaired) electrons. The van der Waals surface area contributed by atoms with E-state index in [0.29, 0.717) is 5.41 Å². The SMILES string of the molecule is NC[C@@H]1C[C@@]12CCc1cc(Br)ccc12. The highest BCUT2D eigenvalue weighted by Gasteiger charge is 2.56. The molecular weight excluding hydrogens is 238 g/mol. The van der Waals surface area contributed by atoms with E-state index in [1.165, 1.54) is 29.3 Å². The highest BCUT2D eigenvalue weighted by atomic mass is 79.9. The molecule has 0 aliphatic heterocycles. The van der Waals surface area contributed by atoms with Gasteiger partial charge >= 0.3 is 0 Å². The van der Waals surface area contributed by atoms with Gasteiger partial charge in [0.05, 0.1) is 0 Å². The van der Waals surface area contributed by atoms with Crippen LogP contribution in [0.5, 0.6) is 0 Å². The highest BCUT2D eigenvalue weighted by Crippen LogP contribution is 2.61. The van der Waals surface area contributed by atoms with Crippen molar-refractivity contribution in [1.82, 2.24) is 0 Å². The average molecular weight is 252 g/mol. The van der Waals surface area contributed by atoms with Gasteiger partial charge in [-0.15, -0.1) is 0 Å². The first-order chi connectivity index (χ1) is 6.76. The van der Waals surface area contributed by atoms with Gasteiger partial charge in [0.25, 0.3) is 0 Å². The van der Waals surface area contributed by atoms with Crippen LogP contribution in [0.2, 0.25) is 0 Å². The molecule has 74 valence electrons. The molecule has 1 nitrogen and oxygen atoms in total. The van der Waals surface area contributed by atoms with Gasteiger partial charge in [0.2, 0.25) is 0 Å². The van der Waals surface area contributed by atoms with Crippen LogP contribution in [0.1, 0.15) is 24.0 Å². The van der Waals surface area contributed by atoms with Crippen LogP contribution in [0, 0.1) is 5.92 Å². The van der Waals surface area contributed by atoms with E-state index in [1.54, 1.807) is 5.56 Å². The number of hydrogen-bond donors (Lipinski definition) is 1. The number of benzene rings is 1. The Hall–Kier alpha value is -0.340. The molecule has 0 amide bonds. The number of aryl methyl sites for hydroxylation is 1. The van der Waals surface area contributed by atoms with Crippen LogP contribution in [-0.2, 0) is 11.8 Å². The molecule has 1 spiro atoms. The van der Waals surface area contributed by atoms with Crippen LogP contribution in [-0.4, -0.2) is 6.54 Å². The van der Waals surface area contributed by atoms with Crippen molar-refractivity contribution in [2.75, 3.05) is 6.54 Å². The molecule has 2 heteroatoms. The normalized spacial score (nSPS) is 33.4. The molecular formula is C12H14BrN. The van der Waals surface area contributed by atoms with Gasteiger partial charge in [0.1, 0.15) is 0 Å². The maximum absolute atomic E-state index is 5.77. The Morgan fingerprint density at radius 1 is 1.50 bits per heavy atom. The van der Waals surface area contributed by atoms with Crippen molar-refractivity contribution in [1.29, 1.82) is 0 Å². The molecule has 0 bridgehead atoms. The van der Waals surface area contributed by atoms with Crippen molar-refractivity contribution in [2.24, 2.45) is 11.7 Å². The molecule has 1 aromatic carbocycles. The first-order valence-corrected chi connectivity index (χ1v) is 6.04. The monoisotopic (exact) mass is 251 g/mol. The van der Waals surface area contributed by atoms with Gasteiger partial charge in [-0.1, -0.05) is 22.0 Å². The number of rotatable bonds is 1. The summed E-state index contributed by atoms with van der Waals surface area (Å²) in [5.74, 6) is 0.755. The highest BCUT2D eigenvalue weighted by molar-refractivity contribution is 9.10. The van der Waals surface area contributed by atoms with Crippen molar-refractivity contribution >= 4 is 15.9 Å². The van der Waals surface area contributed by atoms with Crippen molar-refractivity contribution in [2.45, 2.75) is 24.7 Å². The van der Waals surface area contributed by atoms with Crippen molar-refractivity contribution in [3.8, 4) is 0 Å². The summed E-state index contributed by atoms with van der Waals surface area (Å²) < 4.78 is 1.21. The number of halogens is 1. The molecule has 2 N–H and O–H groups in total. The average Bonchev–Trinajstić information content (AvgIpc) is 2.78. The molecule has 2 aliphatic rings.